The number of hydrogen-bond acceptors (Lipinski definition) is 2. The molecule has 1 rings (SSSR count). The first kappa shape index (κ1) is 12.1. The van der Waals surface area contributed by atoms with Gasteiger partial charge >= 0.3 is 0 Å². The van der Waals surface area contributed by atoms with Crippen LogP contribution in [0.25, 0.3) is 0 Å². The van der Waals surface area contributed by atoms with E-state index in [1.54, 1.807) is 0 Å². The predicted octanol–water partition coefficient (Wildman–Crippen LogP) is 2.76. The minimum Gasteiger partial charge on any atom is -0.355 e. The van der Waals surface area contributed by atoms with Gasteiger partial charge in [-0.25, -0.2) is 4.98 Å². The summed E-state index contributed by atoms with van der Waals surface area (Å²) < 4.78 is 2.01. The molecule has 3 heteroatoms. The molecular weight excluding hydrogens is 186 g/mol. The van der Waals surface area contributed by atoms with Gasteiger partial charge in [-0.3, -0.25) is 0 Å². The van der Waals surface area contributed by atoms with E-state index in [0.29, 0.717) is 17.8 Å². The van der Waals surface area contributed by atoms with E-state index in [1.807, 2.05) is 24.0 Å². The lowest BCUT2D eigenvalue weighted by atomic mass is 9.85. The van der Waals surface area contributed by atoms with Gasteiger partial charge in [-0.2, -0.15) is 0 Å². The number of nitrogens with one attached hydrogen (secondary N) is 1. The Morgan fingerprint density at radius 2 is 1.87 bits per heavy atom. The highest BCUT2D eigenvalue weighted by atomic mass is 15.2. The number of anilines is 1. The highest BCUT2D eigenvalue weighted by Gasteiger charge is 2.17. The molecule has 0 spiro atoms. The van der Waals surface area contributed by atoms with Gasteiger partial charge in [0.05, 0.1) is 0 Å². The molecule has 1 heterocycles. The Bertz CT molecular complexity index is 281. The first-order valence-electron chi connectivity index (χ1n) is 5.73. The summed E-state index contributed by atoms with van der Waals surface area (Å²) in [5.41, 5.74) is 0. The lowest BCUT2D eigenvalue weighted by molar-refractivity contribution is 0.304. The van der Waals surface area contributed by atoms with E-state index in [2.05, 4.69) is 38.0 Å². The Labute approximate surface area is 92.9 Å². The average molecular weight is 209 g/mol. The summed E-state index contributed by atoms with van der Waals surface area (Å²) in [5.74, 6) is 3.07. The van der Waals surface area contributed by atoms with Crippen LogP contribution in [-0.2, 0) is 7.05 Å². The minimum absolute atomic E-state index is 0.696. The van der Waals surface area contributed by atoms with Crippen LogP contribution in [-0.4, -0.2) is 16.1 Å². The van der Waals surface area contributed by atoms with Crippen LogP contribution in [0.1, 0.15) is 27.7 Å². The molecule has 15 heavy (non-hydrogen) atoms. The van der Waals surface area contributed by atoms with Gasteiger partial charge in [0.2, 0.25) is 5.95 Å². The summed E-state index contributed by atoms with van der Waals surface area (Å²) in [6.45, 7) is 10.1. The Morgan fingerprint density at radius 3 is 2.27 bits per heavy atom. The SMILES string of the molecule is CC(C)C(CNc1nccn1C)C(C)C. The lowest BCUT2D eigenvalue weighted by Gasteiger charge is -2.25. The topological polar surface area (TPSA) is 29.9 Å². The van der Waals surface area contributed by atoms with Gasteiger partial charge in [0, 0.05) is 26.0 Å². The van der Waals surface area contributed by atoms with E-state index >= 15 is 0 Å². The second-order valence-electron chi connectivity index (χ2n) is 4.89. The molecule has 1 aromatic heterocycles. The molecule has 0 unspecified atom stereocenters. The van der Waals surface area contributed by atoms with Crippen molar-refractivity contribution in [2.24, 2.45) is 24.8 Å². The minimum atomic E-state index is 0.696. The molecule has 1 aromatic rings. The number of aryl methyl sites for hydroxylation is 1. The second-order valence-corrected chi connectivity index (χ2v) is 4.89. The monoisotopic (exact) mass is 209 g/mol. The molecule has 0 fully saturated rings. The van der Waals surface area contributed by atoms with Crippen LogP contribution in [0, 0.1) is 17.8 Å². The summed E-state index contributed by atoms with van der Waals surface area (Å²) in [7, 11) is 2.01. The molecule has 0 amide bonds. The number of nitrogens with zero attached hydrogens (tertiary/aromatic N) is 2. The fourth-order valence-electron chi connectivity index (χ4n) is 1.99. The van der Waals surface area contributed by atoms with E-state index in [-0.39, 0.29) is 0 Å². The van der Waals surface area contributed by atoms with Crippen molar-refractivity contribution in [3.05, 3.63) is 12.4 Å². The van der Waals surface area contributed by atoms with Crippen LogP contribution in [0.4, 0.5) is 5.95 Å². The summed E-state index contributed by atoms with van der Waals surface area (Å²) in [6, 6.07) is 0. The molecule has 0 saturated carbocycles. The first-order chi connectivity index (χ1) is 7.02. The van der Waals surface area contributed by atoms with Gasteiger partial charge in [0.25, 0.3) is 0 Å². The van der Waals surface area contributed by atoms with Crippen LogP contribution in [0.15, 0.2) is 12.4 Å². The second kappa shape index (κ2) is 5.19. The van der Waals surface area contributed by atoms with Crippen molar-refractivity contribution in [1.82, 2.24) is 9.55 Å². The highest BCUT2D eigenvalue weighted by molar-refractivity contribution is 5.25. The molecule has 0 aliphatic carbocycles. The zero-order chi connectivity index (χ0) is 11.4. The molecule has 0 atom stereocenters. The van der Waals surface area contributed by atoms with E-state index in [0.717, 1.165) is 12.5 Å². The van der Waals surface area contributed by atoms with Crippen molar-refractivity contribution in [2.75, 3.05) is 11.9 Å². The maximum Gasteiger partial charge on any atom is 0.202 e. The van der Waals surface area contributed by atoms with Crippen LogP contribution in [0.2, 0.25) is 0 Å². The van der Waals surface area contributed by atoms with Crippen molar-refractivity contribution >= 4 is 5.95 Å². The largest absolute Gasteiger partial charge is 0.355 e. The van der Waals surface area contributed by atoms with E-state index < -0.39 is 0 Å². The molecule has 0 bridgehead atoms. The van der Waals surface area contributed by atoms with Crippen LogP contribution in [0.3, 0.4) is 0 Å². The van der Waals surface area contributed by atoms with Crippen molar-refractivity contribution in [3.8, 4) is 0 Å². The molecule has 0 aromatic carbocycles. The number of hydrogen-bond donors (Lipinski definition) is 1. The molecular formula is C12H23N3. The molecule has 1 N–H and O–H groups in total. The van der Waals surface area contributed by atoms with Crippen molar-refractivity contribution < 1.29 is 0 Å². The quantitative estimate of drug-likeness (QED) is 0.808. The fraction of sp³-hybridized carbons (Fsp3) is 0.750. The number of imidazole rings is 1. The molecule has 0 saturated heterocycles. The van der Waals surface area contributed by atoms with Gasteiger partial charge in [-0.1, -0.05) is 27.7 Å². The molecule has 0 aliphatic rings. The Hall–Kier alpha value is -0.990. The van der Waals surface area contributed by atoms with Gasteiger partial charge in [-0.15, -0.1) is 0 Å². The standard InChI is InChI=1S/C12H23N3/c1-9(2)11(10(3)4)8-14-12-13-6-7-15(12)5/h6-7,9-11H,8H2,1-5H3,(H,13,14). The van der Waals surface area contributed by atoms with Gasteiger partial charge in [0.15, 0.2) is 0 Å². The first-order valence-corrected chi connectivity index (χ1v) is 5.73. The summed E-state index contributed by atoms with van der Waals surface area (Å²) in [4.78, 5) is 4.26. The summed E-state index contributed by atoms with van der Waals surface area (Å²) in [6.07, 6.45) is 3.78. The van der Waals surface area contributed by atoms with Crippen LogP contribution in [0.5, 0.6) is 0 Å². The Balaban J connectivity index is 2.51. The van der Waals surface area contributed by atoms with Gasteiger partial charge in [-0.05, 0) is 17.8 Å². The normalized spacial score (nSPS) is 11.7. The number of rotatable bonds is 5. The Kier molecular flexibility index (Phi) is 4.18. The zero-order valence-corrected chi connectivity index (χ0v) is 10.5. The van der Waals surface area contributed by atoms with Crippen LogP contribution < -0.4 is 5.32 Å². The number of aromatic nitrogens is 2. The van der Waals surface area contributed by atoms with E-state index in [4.69, 9.17) is 0 Å². The Morgan fingerprint density at radius 1 is 1.27 bits per heavy atom. The van der Waals surface area contributed by atoms with Crippen molar-refractivity contribution in [2.45, 2.75) is 27.7 Å². The summed E-state index contributed by atoms with van der Waals surface area (Å²) >= 11 is 0. The van der Waals surface area contributed by atoms with Crippen molar-refractivity contribution in [3.63, 3.8) is 0 Å². The van der Waals surface area contributed by atoms with Crippen LogP contribution >= 0.6 is 0 Å². The maximum absolute atomic E-state index is 4.26. The third-order valence-corrected chi connectivity index (χ3v) is 3.03. The van der Waals surface area contributed by atoms with Gasteiger partial charge in [0.1, 0.15) is 0 Å². The highest BCUT2D eigenvalue weighted by Crippen LogP contribution is 2.20. The molecule has 3 nitrogen and oxygen atoms in total. The third kappa shape index (κ3) is 3.26. The maximum atomic E-state index is 4.26. The fourth-order valence-corrected chi connectivity index (χ4v) is 1.99. The van der Waals surface area contributed by atoms with Gasteiger partial charge < -0.3 is 9.88 Å². The zero-order valence-electron chi connectivity index (χ0n) is 10.5. The molecule has 0 aliphatic heterocycles. The third-order valence-electron chi connectivity index (χ3n) is 3.03. The predicted molar refractivity (Wildman–Crippen MR) is 64.9 cm³/mol. The van der Waals surface area contributed by atoms with E-state index in [9.17, 15) is 0 Å². The smallest absolute Gasteiger partial charge is 0.202 e. The van der Waals surface area contributed by atoms with Crippen molar-refractivity contribution in [1.29, 1.82) is 0 Å². The summed E-state index contributed by atoms with van der Waals surface area (Å²) in [5, 5.41) is 3.41. The van der Waals surface area contributed by atoms with E-state index in [1.165, 1.54) is 0 Å². The molecule has 0 radical (unpaired) electrons. The average Bonchev–Trinajstić information content (AvgIpc) is 2.51. The molecule has 86 valence electrons. The lowest BCUT2D eigenvalue weighted by Crippen LogP contribution is -2.25.